The van der Waals surface area contributed by atoms with Crippen LogP contribution in [0, 0.1) is 6.92 Å². The van der Waals surface area contributed by atoms with Gasteiger partial charge in [0.05, 0.1) is 11.4 Å². The molecule has 0 bridgehead atoms. The number of hydrogen-bond donors (Lipinski definition) is 1. The van der Waals surface area contributed by atoms with Gasteiger partial charge in [-0.2, -0.15) is 5.10 Å². The lowest BCUT2D eigenvalue weighted by molar-refractivity contribution is 0.433. The number of benzene rings is 1. The molecule has 1 aliphatic carbocycles. The lowest BCUT2D eigenvalue weighted by Crippen LogP contribution is -2.10. The van der Waals surface area contributed by atoms with E-state index in [4.69, 9.17) is 5.10 Å². The molecule has 21 heavy (non-hydrogen) atoms. The van der Waals surface area contributed by atoms with Gasteiger partial charge < -0.3 is 5.32 Å². The molecule has 1 N–H and O–H groups in total. The Morgan fingerprint density at radius 2 is 1.95 bits per heavy atom. The van der Waals surface area contributed by atoms with Crippen LogP contribution in [0.4, 0.5) is 5.82 Å². The van der Waals surface area contributed by atoms with Crippen LogP contribution < -0.4 is 5.32 Å². The van der Waals surface area contributed by atoms with Crippen molar-refractivity contribution in [1.29, 1.82) is 0 Å². The summed E-state index contributed by atoms with van der Waals surface area (Å²) in [5, 5.41) is 8.60. The van der Waals surface area contributed by atoms with E-state index in [9.17, 15) is 0 Å². The zero-order valence-corrected chi connectivity index (χ0v) is 12.7. The fraction of sp³-hybridized carbons (Fsp3) is 0.500. The predicted molar refractivity (Wildman–Crippen MR) is 86.3 cm³/mol. The normalized spacial score (nSPS) is 18.5. The van der Waals surface area contributed by atoms with Crippen LogP contribution in [-0.2, 0) is 6.42 Å². The van der Waals surface area contributed by atoms with Crippen LogP contribution in [0.5, 0.6) is 0 Å². The SMILES string of the molecule is Cc1ccccc1-n1nc(C2CCCCC2)c2c1NCC2. The summed E-state index contributed by atoms with van der Waals surface area (Å²) in [7, 11) is 0. The second kappa shape index (κ2) is 5.21. The van der Waals surface area contributed by atoms with E-state index < -0.39 is 0 Å². The Morgan fingerprint density at radius 1 is 1.14 bits per heavy atom. The molecule has 0 unspecified atom stereocenters. The summed E-state index contributed by atoms with van der Waals surface area (Å²) < 4.78 is 2.15. The smallest absolute Gasteiger partial charge is 0.133 e. The third-order valence-electron chi connectivity index (χ3n) is 5.02. The first-order chi connectivity index (χ1) is 10.3. The fourth-order valence-electron chi connectivity index (χ4n) is 3.88. The van der Waals surface area contributed by atoms with Crippen molar-refractivity contribution in [2.75, 3.05) is 11.9 Å². The van der Waals surface area contributed by atoms with Gasteiger partial charge in [0, 0.05) is 18.0 Å². The van der Waals surface area contributed by atoms with Gasteiger partial charge in [-0.25, -0.2) is 4.68 Å². The summed E-state index contributed by atoms with van der Waals surface area (Å²) in [5.74, 6) is 1.92. The summed E-state index contributed by atoms with van der Waals surface area (Å²) >= 11 is 0. The molecular weight excluding hydrogens is 258 g/mol. The fourth-order valence-corrected chi connectivity index (χ4v) is 3.88. The molecule has 4 rings (SSSR count). The molecule has 1 saturated carbocycles. The minimum absolute atomic E-state index is 0.678. The van der Waals surface area contributed by atoms with Gasteiger partial charge in [0.15, 0.2) is 0 Å². The molecule has 110 valence electrons. The molecule has 0 amide bonds. The minimum Gasteiger partial charge on any atom is -0.369 e. The number of para-hydroxylation sites is 1. The van der Waals surface area contributed by atoms with Crippen molar-refractivity contribution in [3.8, 4) is 5.69 Å². The number of hydrogen-bond acceptors (Lipinski definition) is 2. The van der Waals surface area contributed by atoms with Crippen LogP contribution in [0.1, 0.15) is 54.8 Å². The summed E-state index contributed by atoms with van der Waals surface area (Å²) in [6.07, 6.45) is 7.89. The molecule has 1 aromatic heterocycles. The average Bonchev–Trinajstić information content (AvgIpc) is 3.11. The third kappa shape index (κ3) is 2.15. The topological polar surface area (TPSA) is 29.9 Å². The van der Waals surface area contributed by atoms with Crippen LogP contribution >= 0.6 is 0 Å². The molecule has 1 aliphatic heterocycles. The Labute approximate surface area is 126 Å². The second-order valence-electron chi connectivity index (χ2n) is 6.42. The van der Waals surface area contributed by atoms with Crippen molar-refractivity contribution in [2.45, 2.75) is 51.4 Å². The molecule has 2 heterocycles. The van der Waals surface area contributed by atoms with Crippen molar-refractivity contribution in [2.24, 2.45) is 0 Å². The summed E-state index contributed by atoms with van der Waals surface area (Å²) in [6, 6.07) is 8.54. The van der Waals surface area contributed by atoms with Gasteiger partial charge in [0.1, 0.15) is 5.82 Å². The van der Waals surface area contributed by atoms with Gasteiger partial charge >= 0.3 is 0 Å². The Kier molecular flexibility index (Phi) is 3.21. The maximum Gasteiger partial charge on any atom is 0.133 e. The van der Waals surface area contributed by atoms with Crippen molar-refractivity contribution in [3.63, 3.8) is 0 Å². The Morgan fingerprint density at radius 3 is 2.76 bits per heavy atom. The zero-order chi connectivity index (χ0) is 14.2. The average molecular weight is 281 g/mol. The van der Waals surface area contributed by atoms with Gasteiger partial charge in [-0.05, 0) is 37.8 Å². The standard InChI is InChI=1S/C18H23N3/c1-13-7-5-6-10-16(13)21-18-15(11-12-19-18)17(20-21)14-8-3-2-4-9-14/h5-7,10,14,19H,2-4,8-9,11-12H2,1H3. The van der Waals surface area contributed by atoms with Gasteiger partial charge in [0.2, 0.25) is 0 Å². The zero-order valence-electron chi connectivity index (χ0n) is 12.7. The molecule has 2 aromatic rings. The number of rotatable bonds is 2. The highest BCUT2D eigenvalue weighted by molar-refractivity contribution is 5.59. The first-order valence-corrected chi connectivity index (χ1v) is 8.26. The van der Waals surface area contributed by atoms with E-state index in [-0.39, 0.29) is 0 Å². The quantitative estimate of drug-likeness (QED) is 0.894. The number of fused-ring (bicyclic) bond motifs is 1. The molecule has 0 atom stereocenters. The molecule has 2 aliphatic rings. The molecule has 1 fully saturated rings. The summed E-state index contributed by atoms with van der Waals surface area (Å²) in [5.41, 5.74) is 5.35. The van der Waals surface area contributed by atoms with Gasteiger partial charge in [-0.3, -0.25) is 0 Å². The molecule has 3 nitrogen and oxygen atoms in total. The lowest BCUT2D eigenvalue weighted by Gasteiger charge is -2.20. The van der Waals surface area contributed by atoms with Crippen LogP contribution in [-0.4, -0.2) is 16.3 Å². The van der Waals surface area contributed by atoms with E-state index in [1.807, 2.05) is 0 Å². The van der Waals surface area contributed by atoms with E-state index in [0.717, 1.165) is 13.0 Å². The van der Waals surface area contributed by atoms with Gasteiger partial charge in [-0.15, -0.1) is 0 Å². The van der Waals surface area contributed by atoms with Crippen LogP contribution in [0.3, 0.4) is 0 Å². The lowest BCUT2D eigenvalue weighted by atomic mass is 9.85. The summed E-state index contributed by atoms with van der Waals surface area (Å²) in [6.45, 7) is 3.22. The van der Waals surface area contributed by atoms with E-state index in [1.165, 1.54) is 60.4 Å². The molecule has 0 saturated heterocycles. The Bertz CT molecular complexity index is 650. The number of aromatic nitrogens is 2. The third-order valence-corrected chi connectivity index (χ3v) is 5.02. The molecular formula is C18H23N3. The van der Waals surface area contributed by atoms with Gasteiger partial charge in [-0.1, -0.05) is 37.5 Å². The highest BCUT2D eigenvalue weighted by Gasteiger charge is 2.28. The first-order valence-electron chi connectivity index (χ1n) is 8.26. The van der Waals surface area contributed by atoms with Crippen LogP contribution in [0.15, 0.2) is 24.3 Å². The van der Waals surface area contributed by atoms with E-state index in [2.05, 4.69) is 41.2 Å². The summed E-state index contributed by atoms with van der Waals surface area (Å²) in [4.78, 5) is 0. The molecule has 0 spiro atoms. The number of anilines is 1. The van der Waals surface area contributed by atoms with Crippen molar-refractivity contribution in [1.82, 2.24) is 9.78 Å². The van der Waals surface area contributed by atoms with Gasteiger partial charge in [0.25, 0.3) is 0 Å². The second-order valence-corrected chi connectivity index (χ2v) is 6.42. The number of aryl methyl sites for hydroxylation is 1. The maximum absolute atomic E-state index is 5.04. The van der Waals surface area contributed by atoms with Crippen LogP contribution in [0.25, 0.3) is 5.69 Å². The molecule has 1 aromatic carbocycles. The maximum atomic E-state index is 5.04. The Hall–Kier alpha value is -1.77. The number of nitrogens with zero attached hydrogens (tertiary/aromatic N) is 2. The Balaban J connectivity index is 1.80. The monoisotopic (exact) mass is 281 g/mol. The molecule has 0 radical (unpaired) electrons. The van der Waals surface area contributed by atoms with Crippen molar-refractivity contribution >= 4 is 5.82 Å². The molecule has 3 heteroatoms. The van der Waals surface area contributed by atoms with Crippen LogP contribution in [0.2, 0.25) is 0 Å². The largest absolute Gasteiger partial charge is 0.369 e. The van der Waals surface area contributed by atoms with E-state index >= 15 is 0 Å². The first kappa shape index (κ1) is 12.9. The highest BCUT2D eigenvalue weighted by Crippen LogP contribution is 2.39. The van der Waals surface area contributed by atoms with E-state index in [1.54, 1.807) is 0 Å². The van der Waals surface area contributed by atoms with Crippen molar-refractivity contribution in [3.05, 3.63) is 41.1 Å². The van der Waals surface area contributed by atoms with Crippen molar-refractivity contribution < 1.29 is 0 Å². The van der Waals surface area contributed by atoms with E-state index in [0.29, 0.717) is 5.92 Å². The predicted octanol–water partition coefficient (Wildman–Crippen LogP) is 4.20. The minimum atomic E-state index is 0.678. The number of nitrogens with one attached hydrogen (secondary N) is 1. The highest BCUT2D eigenvalue weighted by atomic mass is 15.3.